The van der Waals surface area contributed by atoms with Crippen LogP contribution < -0.4 is 5.32 Å². The molecule has 6 heteroatoms. The molecule has 0 saturated carbocycles. The van der Waals surface area contributed by atoms with E-state index in [1.807, 2.05) is 12.1 Å². The van der Waals surface area contributed by atoms with Gasteiger partial charge in [-0.1, -0.05) is 53.1 Å². The number of benzene rings is 2. The number of nitrogens with one attached hydrogen (secondary N) is 1. The monoisotopic (exact) mass is 354 g/mol. The van der Waals surface area contributed by atoms with Crippen LogP contribution in [0.15, 0.2) is 41.4 Å². The minimum Gasteiger partial charge on any atom is -0.348 e. The molecular weight excluding hydrogens is 347 g/mol. The van der Waals surface area contributed by atoms with Crippen LogP contribution in [0.1, 0.15) is 11.1 Å². The number of nitrogens with zero attached hydrogens (tertiary/aromatic N) is 1. The van der Waals surface area contributed by atoms with E-state index in [2.05, 4.69) is 10.3 Å². The third-order valence-electron chi connectivity index (χ3n) is 3.09. The largest absolute Gasteiger partial charge is 0.348 e. The number of anilines is 1. The standard InChI is InChI=1S/C15H9Cl3N2S/c16-8-4-5-12-9(6-8)15(19-7-13(21)20-12)14-10(17)2-1-3-11(14)18/h1-6H,7H2,(H,20,21). The Labute approximate surface area is 142 Å². The van der Waals surface area contributed by atoms with E-state index < -0.39 is 0 Å². The number of fused-ring (bicyclic) bond motifs is 1. The maximum Gasteiger partial charge on any atom is 0.102 e. The number of rotatable bonds is 1. The van der Waals surface area contributed by atoms with E-state index in [1.165, 1.54) is 0 Å². The van der Waals surface area contributed by atoms with Crippen LogP contribution in [0, 0.1) is 0 Å². The molecule has 0 saturated heterocycles. The van der Waals surface area contributed by atoms with Gasteiger partial charge in [-0.2, -0.15) is 0 Å². The van der Waals surface area contributed by atoms with Gasteiger partial charge in [0, 0.05) is 21.8 Å². The quantitative estimate of drug-likeness (QED) is 0.708. The molecule has 21 heavy (non-hydrogen) atoms. The number of aliphatic imine (C=N–C) groups is 1. The first-order chi connectivity index (χ1) is 10.1. The molecule has 1 heterocycles. The summed E-state index contributed by atoms with van der Waals surface area (Å²) in [6.07, 6.45) is 0. The Balaban J connectivity index is 2.28. The van der Waals surface area contributed by atoms with Crippen LogP contribution in [0.25, 0.3) is 0 Å². The minimum absolute atomic E-state index is 0.374. The SMILES string of the molecule is S=C1CN=C(c2c(Cl)cccc2Cl)c2cc(Cl)ccc2N1. The van der Waals surface area contributed by atoms with Crippen molar-refractivity contribution in [2.45, 2.75) is 0 Å². The highest BCUT2D eigenvalue weighted by atomic mass is 35.5. The Bertz CT molecular complexity index is 751. The molecule has 0 spiro atoms. The summed E-state index contributed by atoms with van der Waals surface area (Å²) in [4.78, 5) is 5.20. The summed E-state index contributed by atoms with van der Waals surface area (Å²) in [5.41, 5.74) is 3.06. The van der Waals surface area contributed by atoms with Crippen molar-refractivity contribution in [1.82, 2.24) is 0 Å². The van der Waals surface area contributed by atoms with Gasteiger partial charge in [-0.05, 0) is 30.3 Å². The molecule has 3 rings (SSSR count). The molecule has 1 aliphatic heterocycles. The van der Waals surface area contributed by atoms with E-state index in [0.29, 0.717) is 37.9 Å². The van der Waals surface area contributed by atoms with Gasteiger partial charge in [0.05, 0.1) is 22.3 Å². The molecule has 2 aromatic carbocycles. The van der Waals surface area contributed by atoms with Crippen LogP contribution in [-0.2, 0) is 0 Å². The van der Waals surface area contributed by atoms with Gasteiger partial charge in [0.2, 0.25) is 0 Å². The van der Waals surface area contributed by atoms with Gasteiger partial charge in [-0.15, -0.1) is 0 Å². The Kier molecular flexibility index (Phi) is 4.18. The molecule has 1 aliphatic rings. The summed E-state index contributed by atoms with van der Waals surface area (Å²) < 4.78 is 0. The Hall–Kier alpha value is -1.13. The van der Waals surface area contributed by atoms with Gasteiger partial charge in [-0.25, -0.2) is 0 Å². The van der Waals surface area contributed by atoms with Gasteiger partial charge in [0.1, 0.15) is 4.99 Å². The van der Waals surface area contributed by atoms with Crippen molar-refractivity contribution in [1.29, 1.82) is 0 Å². The van der Waals surface area contributed by atoms with Crippen LogP contribution in [0.2, 0.25) is 15.1 Å². The van der Waals surface area contributed by atoms with Crippen LogP contribution in [-0.4, -0.2) is 17.2 Å². The first-order valence-corrected chi connectivity index (χ1v) is 7.69. The van der Waals surface area contributed by atoms with Gasteiger partial charge < -0.3 is 5.32 Å². The number of hydrogen-bond acceptors (Lipinski definition) is 2. The molecule has 0 bridgehead atoms. The molecule has 0 radical (unpaired) electrons. The normalized spacial score (nSPS) is 14.0. The molecule has 2 aromatic rings. The van der Waals surface area contributed by atoms with Gasteiger partial charge in [0.15, 0.2) is 0 Å². The highest BCUT2D eigenvalue weighted by Gasteiger charge is 2.20. The van der Waals surface area contributed by atoms with Gasteiger partial charge in [0.25, 0.3) is 0 Å². The summed E-state index contributed by atoms with van der Waals surface area (Å²) in [6.45, 7) is 0.374. The molecule has 106 valence electrons. The summed E-state index contributed by atoms with van der Waals surface area (Å²) in [5, 5.41) is 4.85. The van der Waals surface area contributed by atoms with Crippen LogP contribution >= 0.6 is 47.0 Å². The van der Waals surface area contributed by atoms with Gasteiger partial charge in [-0.3, -0.25) is 4.99 Å². The second-order valence-corrected chi connectivity index (χ2v) is 6.24. The Morgan fingerprint density at radius 1 is 1.05 bits per heavy atom. The highest BCUT2D eigenvalue weighted by molar-refractivity contribution is 7.80. The average Bonchev–Trinajstić information content (AvgIpc) is 2.58. The smallest absolute Gasteiger partial charge is 0.102 e. The zero-order chi connectivity index (χ0) is 15.0. The topological polar surface area (TPSA) is 24.4 Å². The Morgan fingerprint density at radius 2 is 1.76 bits per heavy atom. The summed E-state index contributed by atoms with van der Waals surface area (Å²) in [5.74, 6) is 0. The molecule has 0 aliphatic carbocycles. The van der Waals surface area contributed by atoms with Crippen LogP contribution in [0.3, 0.4) is 0 Å². The van der Waals surface area contributed by atoms with Crippen molar-refractivity contribution in [3.63, 3.8) is 0 Å². The second-order valence-electron chi connectivity index (χ2n) is 4.50. The van der Waals surface area contributed by atoms with Crippen molar-refractivity contribution in [3.8, 4) is 0 Å². The second kappa shape index (κ2) is 5.93. The molecule has 0 aromatic heterocycles. The maximum absolute atomic E-state index is 6.31. The number of hydrogen-bond donors (Lipinski definition) is 1. The lowest BCUT2D eigenvalue weighted by molar-refractivity contribution is 1.31. The molecule has 0 unspecified atom stereocenters. The predicted octanol–water partition coefficient (Wildman–Crippen LogP) is 5.24. The molecule has 0 atom stereocenters. The van der Waals surface area contributed by atoms with Crippen molar-refractivity contribution in [2.75, 3.05) is 11.9 Å². The molecule has 2 nitrogen and oxygen atoms in total. The van der Waals surface area contributed by atoms with Gasteiger partial charge >= 0.3 is 0 Å². The number of halogens is 3. The Morgan fingerprint density at radius 3 is 2.48 bits per heavy atom. The fourth-order valence-electron chi connectivity index (χ4n) is 2.18. The fraction of sp³-hybridized carbons (Fsp3) is 0.0667. The van der Waals surface area contributed by atoms with Crippen molar-refractivity contribution >= 4 is 63.4 Å². The van der Waals surface area contributed by atoms with E-state index in [-0.39, 0.29) is 0 Å². The lowest BCUT2D eigenvalue weighted by Crippen LogP contribution is -2.10. The third kappa shape index (κ3) is 2.92. The number of thiocarbonyl (C=S) groups is 1. The number of benzodiazepines with no additional fused rings is 1. The molecule has 0 amide bonds. The minimum atomic E-state index is 0.374. The zero-order valence-electron chi connectivity index (χ0n) is 10.7. The van der Waals surface area contributed by atoms with Crippen LogP contribution in [0.5, 0.6) is 0 Å². The van der Waals surface area contributed by atoms with E-state index in [9.17, 15) is 0 Å². The summed E-state index contributed by atoms with van der Waals surface area (Å²) in [7, 11) is 0. The highest BCUT2D eigenvalue weighted by Crippen LogP contribution is 2.32. The van der Waals surface area contributed by atoms with Crippen molar-refractivity contribution in [2.24, 2.45) is 4.99 Å². The van der Waals surface area contributed by atoms with Crippen molar-refractivity contribution < 1.29 is 0 Å². The first-order valence-electron chi connectivity index (χ1n) is 6.15. The first kappa shape index (κ1) is 14.8. The van der Waals surface area contributed by atoms with E-state index in [0.717, 1.165) is 11.3 Å². The average molecular weight is 356 g/mol. The fourth-order valence-corrected chi connectivity index (χ4v) is 3.11. The van der Waals surface area contributed by atoms with E-state index in [1.54, 1.807) is 24.3 Å². The summed E-state index contributed by atoms with van der Waals surface area (Å²) in [6, 6.07) is 10.9. The van der Waals surface area contributed by atoms with E-state index >= 15 is 0 Å². The molecule has 0 fully saturated rings. The maximum atomic E-state index is 6.31. The third-order valence-corrected chi connectivity index (χ3v) is 4.19. The molecular formula is C15H9Cl3N2S. The van der Waals surface area contributed by atoms with Crippen LogP contribution in [0.4, 0.5) is 5.69 Å². The predicted molar refractivity (Wildman–Crippen MR) is 94.6 cm³/mol. The molecule has 1 N–H and O–H groups in total. The van der Waals surface area contributed by atoms with Crippen molar-refractivity contribution in [3.05, 3.63) is 62.6 Å². The van der Waals surface area contributed by atoms with E-state index in [4.69, 9.17) is 47.0 Å². The zero-order valence-corrected chi connectivity index (χ0v) is 13.7. The lowest BCUT2D eigenvalue weighted by Gasteiger charge is -2.13. The lowest BCUT2D eigenvalue weighted by atomic mass is 10.0. The summed E-state index contributed by atoms with van der Waals surface area (Å²) >= 11 is 24.0.